The third-order valence-corrected chi connectivity index (χ3v) is 5.50. The van der Waals surface area contributed by atoms with Crippen LogP contribution in [0.1, 0.15) is 27.2 Å². The van der Waals surface area contributed by atoms with Gasteiger partial charge in [-0.15, -0.1) is 0 Å². The van der Waals surface area contributed by atoms with Crippen molar-refractivity contribution in [2.24, 2.45) is 0 Å². The Labute approximate surface area is 181 Å². The van der Waals surface area contributed by atoms with E-state index in [0.29, 0.717) is 12.1 Å². The number of hydrogen-bond acceptors (Lipinski definition) is 5. The number of carbonyl (C=O) groups is 1. The highest BCUT2D eigenvalue weighted by Gasteiger charge is 2.16. The van der Waals surface area contributed by atoms with Crippen LogP contribution in [0.3, 0.4) is 0 Å². The van der Waals surface area contributed by atoms with Gasteiger partial charge in [0, 0.05) is 40.1 Å². The van der Waals surface area contributed by atoms with E-state index in [1.807, 2.05) is 50.5 Å². The Bertz CT molecular complexity index is 1260. The molecule has 0 saturated carbocycles. The van der Waals surface area contributed by atoms with Gasteiger partial charge in [-0.05, 0) is 49.2 Å². The summed E-state index contributed by atoms with van der Waals surface area (Å²) in [5.41, 5.74) is 7.17. The molecular weight excluding hydrogens is 390 g/mol. The molecule has 158 valence electrons. The number of pyridine rings is 1. The number of rotatable bonds is 6. The van der Waals surface area contributed by atoms with E-state index < -0.39 is 0 Å². The summed E-state index contributed by atoms with van der Waals surface area (Å²) in [5.74, 6) is 0.503. The number of ether oxygens (including phenoxy) is 2. The molecule has 0 fully saturated rings. The zero-order chi connectivity index (χ0) is 22.0. The zero-order valence-electron chi connectivity index (χ0n) is 18.1. The zero-order valence-corrected chi connectivity index (χ0v) is 18.1. The van der Waals surface area contributed by atoms with Crippen molar-refractivity contribution >= 4 is 22.6 Å². The first-order chi connectivity index (χ1) is 15.0. The van der Waals surface area contributed by atoms with Gasteiger partial charge in [-0.3, -0.25) is 4.98 Å². The molecule has 4 aromatic rings. The van der Waals surface area contributed by atoms with Crippen LogP contribution in [0, 0.1) is 13.8 Å². The Balaban J connectivity index is 1.74. The predicted octanol–water partition coefficient (Wildman–Crippen LogP) is 5.25. The number of esters is 1. The van der Waals surface area contributed by atoms with Gasteiger partial charge in [-0.2, -0.15) is 0 Å². The number of nitrogens with zero attached hydrogens (tertiary/aromatic N) is 1. The van der Waals surface area contributed by atoms with E-state index in [4.69, 9.17) is 9.47 Å². The van der Waals surface area contributed by atoms with E-state index in [-0.39, 0.29) is 5.97 Å². The molecule has 6 nitrogen and oxygen atoms in total. The molecule has 2 aromatic carbocycles. The number of benzene rings is 2. The van der Waals surface area contributed by atoms with Gasteiger partial charge in [0.2, 0.25) is 0 Å². The fourth-order valence-electron chi connectivity index (χ4n) is 3.93. The van der Waals surface area contributed by atoms with Crippen molar-refractivity contribution in [3.05, 3.63) is 77.2 Å². The molecule has 4 rings (SSSR count). The smallest absolute Gasteiger partial charge is 0.338 e. The maximum atomic E-state index is 12.3. The third-order valence-electron chi connectivity index (χ3n) is 5.50. The van der Waals surface area contributed by atoms with E-state index in [9.17, 15) is 4.79 Å². The molecule has 0 aliphatic carbocycles. The van der Waals surface area contributed by atoms with Crippen molar-refractivity contribution in [1.82, 2.24) is 9.97 Å². The predicted molar refractivity (Wildman–Crippen MR) is 123 cm³/mol. The molecule has 2 aromatic heterocycles. The van der Waals surface area contributed by atoms with Crippen LogP contribution in [-0.4, -0.2) is 30.2 Å². The van der Waals surface area contributed by atoms with E-state index in [0.717, 1.165) is 50.3 Å². The summed E-state index contributed by atoms with van der Waals surface area (Å²) in [6.45, 7) is 4.55. The molecular formula is C25H25N3O3. The van der Waals surface area contributed by atoms with Gasteiger partial charge in [0.1, 0.15) is 5.75 Å². The number of methoxy groups -OCH3 is 2. The number of H-pyrrole nitrogens is 1. The summed E-state index contributed by atoms with van der Waals surface area (Å²) in [7, 11) is 3.07. The summed E-state index contributed by atoms with van der Waals surface area (Å²) >= 11 is 0. The summed E-state index contributed by atoms with van der Waals surface area (Å²) < 4.78 is 10.5. The number of aromatic amines is 1. The first kappa shape index (κ1) is 20.5. The lowest BCUT2D eigenvalue weighted by molar-refractivity contribution is 0.0601. The fraction of sp³-hybridized carbons (Fsp3) is 0.200. The molecule has 0 spiro atoms. The Hall–Kier alpha value is -3.80. The molecule has 2 N–H and O–H groups in total. The van der Waals surface area contributed by atoms with Crippen molar-refractivity contribution in [2.45, 2.75) is 20.4 Å². The molecule has 0 unspecified atom stereocenters. The second kappa shape index (κ2) is 8.52. The van der Waals surface area contributed by atoms with Gasteiger partial charge in [0.15, 0.2) is 0 Å². The number of hydrogen-bond donors (Lipinski definition) is 2. The number of aromatic nitrogens is 2. The lowest BCUT2D eigenvalue weighted by Crippen LogP contribution is -2.07. The number of fused-ring (bicyclic) bond motifs is 1. The van der Waals surface area contributed by atoms with E-state index in [1.165, 1.54) is 7.11 Å². The SMILES string of the molecule is COC(=O)c1ccccc1-c1cc(NCc2ncc(C)c(OC)c2C)cc2[nH]ccc12. The van der Waals surface area contributed by atoms with Gasteiger partial charge >= 0.3 is 5.97 Å². The number of aryl methyl sites for hydroxylation is 1. The van der Waals surface area contributed by atoms with Crippen LogP contribution in [0.25, 0.3) is 22.0 Å². The van der Waals surface area contributed by atoms with E-state index in [1.54, 1.807) is 13.2 Å². The summed E-state index contributed by atoms with van der Waals surface area (Å²) in [5, 5.41) is 4.51. The summed E-state index contributed by atoms with van der Waals surface area (Å²) in [6, 6.07) is 13.6. The first-order valence-corrected chi connectivity index (χ1v) is 10.0. The van der Waals surface area contributed by atoms with Gasteiger partial charge in [0.05, 0.1) is 32.0 Å². The van der Waals surface area contributed by atoms with Crippen LogP contribution in [0.2, 0.25) is 0 Å². The van der Waals surface area contributed by atoms with E-state index in [2.05, 4.69) is 27.4 Å². The molecule has 0 bridgehead atoms. The third kappa shape index (κ3) is 3.84. The van der Waals surface area contributed by atoms with Crippen LogP contribution in [0.15, 0.2) is 54.9 Å². The average molecular weight is 415 g/mol. The Morgan fingerprint density at radius 1 is 1.10 bits per heavy atom. The second-order valence-electron chi connectivity index (χ2n) is 7.40. The standard InChI is InChI=1S/C25H25N3O3/c1-15-13-28-23(16(2)24(15)30-3)14-27-17-11-21(19-9-10-26-22(19)12-17)18-7-5-6-8-20(18)25(29)31-4/h5-13,26-27H,14H2,1-4H3. The van der Waals surface area contributed by atoms with Crippen molar-refractivity contribution in [3.8, 4) is 16.9 Å². The minimum absolute atomic E-state index is 0.357. The van der Waals surface area contributed by atoms with Crippen molar-refractivity contribution < 1.29 is 14.3 Å². The quantitative estimate of drug-likeness (QED) is 0.421. The van der Waals surface area contributed by atoms with Crippen LogP contribution in [0.4, 0.5) is 5.69 Å². The Morgan fingerprint density at radius 2 is 1.90 bits per heavy atom. The van der Waals surface area contributed by atoms with Crippen molar-refractivity contribution in [3.63, 3.8) is 0 Å². The molecule has 0 aliphatic heterocycles. The van der Waals surface area contributed by atoms with Gasteiger partial charge in [-0.1, -0.05) is 18.2 Å². The lowest BCUT2D eigenvalue weighted by Gasteiger charge is -2.15. The van der Waals surface area contributed by atoms with Crippen LogP contribution < -0.4 is 10.1 Å². The molecule has 0 saturated heterocycles. The fourth-order valence-corrected chi connectivity index (χ4v) is 3.93. The first-order valence-electron chi connectivity index (χ1n) is 10.0. The lowest BCUT2D eigenvalue weighted by atomic mass is 9.96. The highest BCUT2D eigenvalue weighted by atomic mass is 16.5. The number of nitrogens with one attached hydrogen (secondary N) is 2. The molecule has 0 amide bonds. The minimum Gasteiger partial charge on any atom is -0.496 e. The summed E-state index contributed by atoms with van der Waals surface area (Å²) in [6.07, 6.45) is 3.73. The highest BCUT2D eigenvalue weighted by molar-refractivity contribution is 6.04. The molecule has 6 heteroatoms. The normalized spacial score (nSPS) is 10.8. The number of anilines is 1. The van der Waals surface area contributed by atoms with Crippen molar-refractivity contribution in [1.29, 1.82) is 0 Å². The molecule has 0 aliphatic rings. The highest BCUT2D eigenvalue weighted by Crippen LogP contribution is 2.34. The molecule has 31 heavy (non-hydrogen) atoms. The largest absolute Gasteiger partial charge is 0.496 e. The summed E-state index contributed by atoms with van der Waals surface area (Å²) in [4.78, 5) is 20.2. The Morgan fingerprint density at radius 3 is 2.68 bits per heavy atom. The number of carbonyl (C=O) groups excluding carboxylic acids is 1. The van der Waals surface area contributed by atoms with Gasteiger partial charge in [-0.25, -0.2) is 4.79 Å². The maximum absolute atomic E-state index is 12.3. The molecule has 0 atom stereocenters. The van der Waals surface area contributed by atoms with Crippen LogP contribution >= 0.6 is 0 Å². The molecule has 0 radical (unpaired) electrons. The Kier molecular flexibility index (Phi) is 5.62. The van der Waals surface area contributed by atoms with Crippen LogP contribution in [-0.2, 0) is 11.3 Å². The van der Waals surface area contributed by atoms with E-state index >= 15 is 0 Å². The van der Waals surface area contributed by atoms with Crippen molar-refractivity contribution in [2.75, 3.05) is 19.5 Å². The minimum atomic E-state index is -0.357. The van der Waals surface area contributed by atoms with Gasteiger partial charge in [0.25, 0.3) is 0 Å². The average Bonchev–Trinajstić information content (AvgIpc) is 3.26. The van der Waals surface area contributed by atoms with Crippen LogP contribution in [0.5, 0.6) is 5.75 Å². The second-order valence-corrected chi connectivity index (χ2v) is 7.40. The monoisotopic (exact) mass is 415 g/mol. The molecule has 2 heterocycles. The maximum Gasteiger partial charge on any atom is 0.338 e. The van der Waals surface area contributed by atoms with Gasteiger partial charge < -0.3 is 19.8 Å². The topological polar surface area (TPSA) is 76.2 Å².